The molecular formula is C8H10ClN3O4S. The normalized spacial score (nSPS) is 21.2. The first-order chi connectivity index (χ1) is 7.80. The number of rotatable bonds is 2. The lowest BCUT2D eigenvalue weighted by atomic mass is 10.4. The Balaban J connectivity index is 2.31. The minimum absolute atomic E-state index is 0.0635. The molecule has 9 heteroatoms. The number of carbonyl (C=O) groups excluding carboxylic acids is 1. The molecule has 1 amide bonds. The molecule has 1 saturated heterocycles. The van der Waals surface area contributed by atoms with E-state index in [1.165, 1.54) is 0 Å². The van der Waals surface area contributed by atoms with Crippen molar-refractivity contribution in [1.29, 1.82) is 0 Å². The predicted molar refractivity (Wildman–Crippen MR) is 60.1 cm³/mol. The number of aromatic nitrogens is 1. The third-order valence-corrected chi connectivity index (χ3v) is 4.25. The Kier molecular flexibility index (Phi) is 2.88. The first kappa shape index (κ1) is 12.3. The van der Waals surface area contributed by atoms with E-state index in [2.05, 4.69) is 5.16 Å². The largest absolute Gasteiger partial charge is 0.336 e. The maximum Gasteiger partial charge on any atom is 0.252 e. The molecule has 1 aromatic rings. The summed E-state index contributed by atoms with van der Waals surface area (Å²) in [6.45, 7) is 1.55. The van der Waals surface area contributed by atoms with Crippen molar-refractivity contribution >= 4 is 33.4 Å². The van der Waals surface area contributed by atoms with Crippen molar-refractivity contribution in [1.82, 2.24) is 5.16 Å². The number of hydrogen-bond donors (Lipinski definition) is 1. The van der Waals surface area contributed by atoms with Crippen LogP contribution in [0.4, 0.5) is 5.88 Å². The molecule has 1 aromatic heterocycles. The molecule has 2 heterocycles. The minimum atomic E-state index is -3.75. The highest BCUT2D eigenvalue weighted by Gasteiger charge is 2.39. The fourth-order valence-electron chi connectivity index (χ4n) is 1.61. The van der Waals surface area contributed by atoms with Crippen molar-refractivity contribution in [2.24, 2.45) is 5.14 Å². The van der Waals surface area contributed by atoms with Gasteiger partial charge < -0.3 is 4.52 Å². The molecule has 1 unspecified atom stereocenters. The molecular weight excluding hydrogens is 270 g/mol. The number of hydrogen-bond acceptors (Lipinski definition) is 5. The number of carbonyl (C=O) groups is 1. The molecule has 1 atom stereocenters. The molecule has 7 nitrogen and oxygen atoms in total. The fraction of sp³-hybridized carbons (Fsp3) is 0.500. The predicted octanol–water partition coefficient (Wildman–Crippen LogP) is 0.0302. The molecule has 0 spiro atoms. The molecule has 1 aliphatic heterocycles. The lowest BCUT2D eigenvalue weighted by Gasteiger charge is -2.11. The van der Waals surface area contributed by atoms with Gasteiger partial charge in [-0.2, -0.15) is 0 Å². The number of nitrogens with zero attached hydrogens (tertiary/aromatic N) is 2. The van der Waals surface area contributed by atoms with Crippen LogP contribution in [0.2, 0.25) is 5.02 Å². The Bertz CT molecular complexity index is 567. The van der Waals surface area contributed by atoms with Crippen LogP contribution in [0.25, 0.3) is 0 Å². The third-order valence-electron chi connectivity index (χ3n) is 2.57. The van der Waals surface area contributed by atoms with E-state index in [9.17, 15) is 13.2 Å². The van der Waals surface area contributed by atoms with Gasteiger partial charge in [-0.3, -0.25) is 9.69 Å². The average molecular weight is 280 g/mol. The number of amides is 1. The zero-order chi connectivity index (χ0) is 12.8. The molecule has 2 N–H and O–H groups in total. The summed E-state index contributed by atoms with van der Waals surface area (Å²) in [5.74, 6) is -0.331. The van der Waals surface area contributed by atoms with Crippen LogP contribution in [0.5, 0.6) is 0 Å². The zero-order valence-electron chi connectivity index (χ0n) is 8.88. The van der Waals surface area contributed by atoms with E-state index in [-0.39, 0.29) is 23.9 Å². The SMILES string of the molecule is Cc1noc(N2CC(S(N)(=O)=O)CC2=O)c1Cl. The summed E-state index contributed by atoms with van der Waals surface area (Å²) in [6.07, 6.45) is -0.172. The third kappa shape index (κ3) is 2.15. The van der Waals surface area contributed by atoms with E-state index >= 15 is 0 Å². The first-order valence-corrected chi connectivity index (χ1v) is 6.73. The van der Waals surface area contributed by atoms with E-state index in [1.807, 2.05) is 0 Å². The summed E-state index contributed by atoms with van der Waals surface area (Å²) < 4.78 is 27.2. The molecule has 0 radical (unpaired) electrons. The monoisotopic (exact) mass is 279 g/mol. The maximum atomic E-state index is 11.7. The van der Waals surface area contributed by atoms with E-state index in [1.54, 1.807) is 6.92 Å². The number of nitrogens with two attached hydrogens (primary N) is 1. The van der Waals surface area contributed by atoms with Crippen molar-refractivity contribution in [3.63, 3.8) is 0 Å². The summed E-state index contributed by atoms with van der Waals surface area (Å²) in [4.78, 5) is 12.8. The van der Waals surface area contributed by atoms with Crippen molar-refractivity contribution in [2.45, 2.75) is 18.6 Å². The zero-order valence-corrected chi connectivity index (χ0v) is 10.5. The van der Waals surface area contributed by atoms with E-state index in [4.69, 9.17) is 21.3 Å². The average Bonchev–Trinajstić information content (AvgIpc) is 2.72. The van der Waals surface area contributed by atoms with Crippen LogP contribution in [0, 0.1) is 6.92 Å². The quantitative estimate of drug-likeness (QED) is 0.822. The van der Waals surface area contributed by atoms with E-state index in [0.29, 0.717) is 5.69 Å². The van der Waals surface area contributed by atoms with Crippen molar-refractivity contribution in [3.05, 3.63) is 10.7 Å². The summed E-state index contributed by atoms with van der Waals surface area (Å²) >= 11 is 5.89. The standard InChI is InChI=1S/C8H10ClN3O4S/c1-4-7(9)8(16-11-4)12-3-5(2-6(12)13)17(10,14)15/h5H,2-3H2,1H3,(H2,10,14,15). The van der Waals surface area contributed by atoms with Crippen molar-refractivity contribution < 1.29 is 17.7 Å². The van der Waals surface area contributed by atoms with Gasteiger partial charge in [0.05, 0.1) is 0 Å². The van der Waals surface area contributed by atoms with Crippen LogP contribution in [0.15, 0.2) is 4.52 Å². The van der Waals surface area contributed by atoms with Crippen LogP contribution < -0.4 is 10.0 Å². The van der Waals surface area contributed by atoms with Crippen LogP contribution in [0.3, 0.4) is 0 Å². The highest BCUT2D eigenvalue weighted by Crippen LogP contribution is 2.32. The van der Waals surface area contributed by atoms with Gasteiger partial charge in [-0.05, 0) is 6.92 Å². The Hall–Kier alpha value is -1.12. The van der Waals surface area contributed by atoms with Gasteiger partial charge in [0, 0.05) is 13.0 Å². The van der Waals surface area contributed by atoms with Gasteiger partial charge in [0.25, 0.3) is 5.88 Å². The van der Waals surface area contributed by atoms with Crippen LogP contribution in [0.1, 0.15) is 12.1 Å². The van der Waals surface area contributed by atoms with Crippen LogP contribution in [-0.4, -0.2) is 31.3 Å². The summed E-state index contributed by atoms with van der Waals surface area (Å²) in [5.41, 5.74) is 0.438. The molecule has 1 fully saturated rings. The van der Waals surface area contributed by atoms with Gasteiger partial charge in [-0.15, -0.1) is 0 Å². The van der Waals surface area contributed by atoms with E-state index < -0.39 is 21.2 Å². The number of halogens is 1. The summed E-state index contributed by atoms with van der Waals surface area (Å²) in [7, 11) is -3.75. The first-order valence-electron chi connectivity index (χ1n) is 4.74. The maximum absolute atomic E-state index is 11.7. The number of aryl methyl sites for hydroxylation is 1. The van der Waals surface area contributed by atoms with E-state index in [0.717, 1.165) is 4.90 Å². The highest BCUT2D eigenvalue weighted by atomic mass is 35.5. The molecule has 2 rings (SSSR count). The van der Waals surface area contributed by atoms with Gasteiger partial charge >= 0.3 is 0 Å². The lowest BCUT2D eigenvalue weighted by molar-refractivity contribution is -0.117. The molecule has 0 bridgehead atoms. The molecule has 0 aromatic carbocycles. The highest BCUT2D eigenvalue weighted by molar-refractivity contribution is 7.89. The molecule has 0 aliphatic carbocycles. The Morgan fingerprint density at radius 2 is 2.24 bits per heavy atom. The Morgan fingerprint density at radius 1 is 1.59 bits per heavy atom. The van der Waals surface area contributed by atoms with Crippen molar-refractivity contribution in [3.8, 4) is 0 Å². The molecule has 1 aliphatic rings. The van der Waals surface area contributed by atoms with Crippen molar-refractivity contribution in [2.75, 3.05) is 11.4 Å². The lowest BCUT2D eigenvalue weighted by Crippen LogP contribution is -2.32. The number of primary sulfonamides is 1. The van der Waals surface area contributed by atoms with Gasteiger partial charge in [0.15, 0.2) is 0 Å². The van der Waals surface area contributed by atoms with Crippen LogP contribution in [-0.2, 0) is 14.8 Å². The Labute approximate surface area is 103 Å². The van der Waals surface area contributed by atoms with Gasteiger partial charge in [-0.1, -0.05) is 16.8 Å². The smallest absolute Gasteiger partial charge is 0.252 e. The summed E-state index contributed by atoms with van der Waals surface area (Å²) in [5, 5.41) is 7.87. The fourth-order valence-corrected chi connectivity index (χ4v) is 2.51. The molecule has 17 heavy (non-hydrogen) atoms. The van der Waals surface area contributed by atoms with Gasteiger partial charge in [0.1, 0.15) is 16.0 Å². The Morgan fingerprint density at radius 3 is 2.65 bits per heavy atom. The molecule has 94 valence electrons. The number of anilines is 1. The van der Waals surface area contributed by atoms with Gasteiger partial charge in [0.2, 0.25) is 15.9 Å². The minimum Gasteiger partial charge on any atom is -0.336 e. The topological polar surface area (TPSA) is 106 Å². The van der Waals surface area contributed by atoms with Crippen LogP contribution >= 0.6 is 11.6 Å². The number of sulfonamides is 1. The summed E-state index contributed by atoms with van der Waals surface area (Å²) in [6, 6.07) is 0. The second kappa shape index (κ2) is 3.97. The second-order valence-corrected chi connectivity index (χ2v) is 6.03. The molecule has 0 saturated carbocycles. The second-order valence-electron chi connectivity index (χ2n) is 3.81. The van der Waals surface area contributed by atoms with Gasteiger partial charge in [-0.25, -0.2) is 13.6 Å².